The lowest BCUT2D eigenvalue weighted by Crippen LogP contribution is -2.60. The van der Waals surface area contributed by atoms with Gasteiger partial charge in [-0.3, -0.25) is 9.59 Å². The summed E-state index contributed by atoms with van der Waals surface area (Å²) in [6.45, 7) is 4.71. The minimum Gasteiger partial charge on any atom is -0.342 e. The number of nitrogens with zero attached hydrogens (tertiary/aromatic N) is 4. The summed E-state index contributed by atoms with van der Waals surface area (Å²) in [5, 5.41) is 7.09. The zero-order chi connectivity index (χ0) is 15.7. The molecule has 1 aliphatic heterocycles. The summed E-state index contributed by atoms with van der Waals surface area (Å²) in [6, 6.07) is 0.168. The van der Waals surface area contributed by atoms with Crippen LogP contribution in [-0.4, -0.2) is 50.1 Å². The molecule has 2 aliphatic rings. The summed E-state index contributed by atoms with van der Waals surface area (Å²) in [5.74, 6) is 0.151. The molecule has 1 N–H and O–H groups in total. The molecule has 7 nitrogen and oxygen atoms in total. The van der Waals surface area contributed by atoms with E-state index in [2.05, 4.69) is 15.4 Å². The lowest BCUT2D eigenvalue weighted by Gasteiger charge is -2.39. The van der Waals surface area contributed by atoms with Gasteiger partial charge in [0.15, 0.2) is 0 Å². The highest BCUT2D eigenvalue weighted by molar-refractivity contribution is 5.91. The van der Waals surface area contributed by atoms with Crippen LogP contribution in [0.4, 0.5) is 0 Å². The highest BCUT2D eigenvalue weighted by Gasteiger charge is 2.50. The van der Waals surface area contributed by atoms with Crippen molar-refractivity contribution in [1.82, 2.24) is 25.0 Å². The highest BCUT2D eigenvalue weighted by atomic mass is 16.2. The number of rotatable bonds is 4. The molecular weight excluding hydrogens is 282 g/mol. The molecule has 22 heavy (non-hydrogen) atoms. The molecule has 7 heteroatoms. The molecule has 1 aliphatic carbocycles. The fourth-order valence-corrected chi connectivity index (χ4v) is 3.45. The van der Waals surface area contributed by atoms with Gasteiger partial charge in [0, 0.05) is 20.0 Å². The van der Waals surface area contributed by atoms with Crippen molar-refractivity contribution in [1.29, 1.82) is 0 Å². The predicted octanol–water partition coefficient (Wildman–Crippen LogP) is 0.746. The van der Waals surface area contributed by atoms with E-state index in [1.807, 2.05) is 16.5 Å². The maximum atomic E-state index is 13.0. The van der Waals surface area contributed by atoms with Gasteiger partial charge in [-0.05, 0) is 38.5 Å². The smallest absolute Gasteiger partial charge is 0.248 e. The molecule has 120 valence electrons. The second kappa shape index (κ2) is 5.70. The fourth-order valence-electron chi connectivity index (χ4n) is 3.45. The molecule has 2 atom stereocenters. The summed E-state index contributed by atoms with van der Waals surface area (Å²) >= 11 is 0. The molecule has 0 spiro atoms. The van der Waals surface area contributed by atoms with E-state index in [0.29, 0.717) is 6.54 Å². The van der Waals surface area contributed by atoms with Crippen LogP contribution in [0, 0.1) is 5.92 Å². The van der Waals surface area contributed by atoms with Crippen LogP contribution in [0.5, 0.6) is 0 Å². The molecule has 1 saturated heterocycles. The van der Waals surface area contributed by atoms with Crippen molar-refractivity contribution in [2.75, 3.05) is 13.1 Å². The third-order valence-electron chi connectivity index (χ3n) is 4.77. The Morgan fingerprint density at radius 2 is 2.09 bits per heavy atom. The van der Waals surface area contributed by atoms with Gasteiger partial charge in [0.05, 0.1) is 6.04 Å². The van der Waals surface area contributed by atoms with Gasteiger partial charge in [-0.25, -0.2) is 9.67 Å². The van der Waals surface area contributed by atoms with E-state index in [9.17, 15) is 9.59 Å². The number of hydrogen-bond acceptors (Lipinski definition) is 4. The van der Waals surface area contributed by atoms with Crippen LogP contribution in [0.2, 0.25) is 0 Å². The quantitative estimate of drug-likeness (QED) is 0.890. The number of piperidine rings is 1. The average molecular weight is 305 g/mol. The molecule has 1 aromatic rings. The molecule has 2 fully saturated rings. The lowest BCUT2D eigenvalue weighted by molar-refractivity contribution is -0.143. The first-order valence-electron chi connectivity index (χ1n) is 7.93. The van der Waals surface area contributed by atoms with Crippen molar-refractivity contribution in [3.8, 4) is 0 Å². The topological polar surface area (TPSA) is 80.1 Å². The number of aromatic nitrogens is 3. The number of likely N-dealkylation sites (tertiary alicyclic amines) is 1. The molecular formula is C15H23N5O2. The summed E-state index contributed by atoms with van der Waals surface area (Å²) < 4.78 is 1.83. The Labute approximate surface area is 130 Å². The maximum Gasteiger partial charge on any atom is 0.248 e. The maximum absolute atomic E-state index is 13.0. The molecule has 1 saturated carbocycles. The SMILES string of the molecule is CC(=O)N[C@@](C)(C(=O)N1CCC[C@H](n2cncn2)C1)C1CC1. The molecule has 0 bridgehead atoms. The molecule has 0 aromatic carbocycles. The van der Waals surface area contributed by atoms with E-state index in [1.54, 1.807) is 6.33 Å². The Kier molecular flexibility index (Phi) is 3.88. The van der Waals surface area contributed by atoms with Crippen LogP contribution in [-0.2, 0) is 9.59 Å². The Morgan fingerprint density at radius 1 is 1.32 bits per heavy atom. The van der Waals surface area contributed by atoms with E-state index >= 15 is 0 Å². The van der Waals surface area contributed by atoms with Crippen LogP contribution < -0.4 is 5.32 Å². The first-order chi connectivity index (χ1) is 10.5. The van der Waals surface area contributed by atoms with Gasteiger partial charge in [0.25, 0.3) is 0 Å². The third-order valence-corrected chi connectivity index (χ3v) is 4.77. The zero-order valence-electron chi connectivity index (χ0n) is 13.2. The standard InChI is InChI=1S/C15H23N5O2/c1-11(21)18-15(2,12-5-6-12)14(22)19-7-3-4-13(8-19)20-10-16-9-17-20/h9-10,12-13H,3-8H2,1-2H3,(H,18,21)/t13-,15+/m0/s1. The molecule has 0 unspecified atom stereocenters. The number of carbonyl (C=O) groups is 2. The van der Waals surface area contributed by atoms with E-state index < -0.39 is 5.54 Å². The van der Waals surface area contributed by atoms with Crippen molar-refractivity contribution in [2.24, 2.45) is 5.92 Å². The van der Waals surface area contributed by atoms with Crippen LogP contribution in [0.3, 0.4) is 0 Å². The average Bonchev–Trinajstić information content (AvgIpc) is 3.22. The van der Waals surface area contributed by atoms with E-state index in [0.717, 1.165) is 32.2 Å². The van der Waals surface area contributed by atoms with Crippen molar-refractivity contribution in [2.45, 2.75) is 51.1 Å². The monoisotopic (exact) mass is 305 g/mol. The zero-order valence-corrected chi connectivity index (χ0v) is 13.2. The van der Waals surface area contributed by atoms with Crippen LogP contribution in [0.25, 0.3) is 0 Å². The van der Waals surface area contributed by atoms with Crippen LogP contribution in [0.1, 0.15) is 45.6 Å². The molecule has 0 radical (unpaired) electrons. The van der Waals surface area contributed by atoms with E-state index in [1.165, 1.54) is 13.3 Å². The number of carbonyl (C=O) groups excluding carboxylic acids is 2. The van der Waals surface area contributed by atoms with Gasteiger partial charge >= 0.3 is 0 Å². The number of hydrogen-bond donors (Lipinski definition) is 1. The second-order valence-corrected chi connectivity index (χ2v) is 6.58. The number of amides is 2. The third kappa shape index (κ3) is 2.84. The van der Waals surface area contributed by atoms with Crippen molar-refractivity contribution in [3.05, 3.63) is 12.7 Å². The Balaban J connectivity index is 1.74. The van der Waals surface area contributed by atoms with Crippen molar-refractivity contribution >= 4 is 11.8 Å². The van der Waals surface area contributed by atoms with Crippen LogP contribution >= 0.6 is 0 Å². The van der Waals surface area contributed by atoms with Gasteiger partial charge in [0.1, 0.15) is 18.2 Å². The molecule has 1 aromatic heterocycles. The first-order valence-corrected chi connectivity index (χ1v) is 7.93. The minimum atomic E-state index is -0.768. The van der Waals surface area contributed by atoms with Gasteiger partial charge in [0.2, 0.25) is 11.8 Å². The molecule has 2 heterocycles. The lowest BCUT2D eigenvalue weighted by atomic mass is 9.92. The summed E-state index contributed by atoms with van der Waals surface area (Å²) in [5.41, 5.74) is -0.768. The Hall–Kier alpha value is -1.92. The van der Waals surface area contributed by atoms with Crippen molar-refractivity contribution in [3.63, 3.8) is 0 Å². The first kappa shape index (κ1) is 15.0. The summed E-state index contributed by atoms with van der Waals surface area (Å²) in [4.78, 5) is 30.4. The van der Waals surface area contributed by atoms with Gasteiger partial charge in [-0.15, -0.1) is 0 Å². The molecule has 3 rings (SSSR count). The summed E-state index contributed by atoms with van der Waals surface area (Å²) in [6.07, 6.45) is 7.16. The second-order valence-electron chi connectivity index (χ2n) is 6.58. The Morgan fingerprint density at radius 3 is 2.68 bits per heavy atom. The van der Waals surface area contributed by atoms with Gasteiger partial charge < -0.3 is 10.2 Å². The predicted molar refractivity (Wildman–Crippen MR) is 79.8 cm³/mol. The number of nitrogens with one attached hydrogen (secondary N) is 1. The van der Waals surface area contributed by atoms with Gasteiger partial charge in [-0.2, -0.15) is 5.10 Å². The fraction of sp³-hybridized carbons (Fsp3) is 0.733. The minimum absolute atomic E-state index is 0.0371. The summed E-state index contributed by atoms with van der Waals surface area (Å²) in [7, 11) is 0. The van der Waals surface area contributed by atoms with Crippen LogP contribution in [0.15, 0.2) is 12.7 Å². The normalized spacial score (nSPS) is 24.6. The van der Waals surface area contributed by atoms with E-state index in [4.69, 9.17) is 0 Å². The Bertz CT molecular complexity index is 554. The van der Waals surface area contributed by atoms with E-state index in [-0.39, 0.29) is 23.8 Å². The highest BCUT2D eigenvalue weighted by Crippen LogP contribution is 2.41. The van der Waals surface area contributed by atoms with Crippen molar-refractivity contribution < 1.29 is 9.59 Å². The largest absolute Gasteiger partial charge is 0.342 e. The molecule has 2 amide bonds. The van der Waals surface area contributed by atoms with Gasteiger partial charge in [-0.1, -0.05) is 0 Å².